The minimum absolute atomic E-state index is 0.0551. The molecule has 0 radical (unpaired) electrons. The van der Waals surface area contributed by atoms with E-state index in [1.165, 1.54) is 31.4 Å². The number of nitriles is 1. The summed E-state index contributed by atoms with van der Waals surface area (Å²) in [5.41, 5.74) is 0.802. The van der Waals surface area contributed by atoms with E-state index in [2.05, 4.69) is 11.3 Å². The van der Waals surface area contributed by atoms with E-state index in [1.54, 1.807) is 0 Å². The van der Waals surface area contributed by atoms with Crippen LogP contribution in [0.15, 0.2) is 36.4 Å². The maximum Gasteiger partial charge on any atom is 0.338 e. The molecule has 0 saturated carbocycles. The van der Waals surface area contributed by atoms with Gasteiger partial charge in [0, 0.05) is 0 Å². The molecule has 18 heavy (non-hydrogen) atoms. The summed E-state index contributed by atoms with van der Waals surface area (Å²) in [6.45, 7) is 3.19. The van der Waals surface area contributed by atoms with Crippen LogP contribution in [0.2, 0.25) is 0 Å². The fourth-order valence-electron chi connectivity index (χ4n) is 1.12. The number of nitrogens with zero attached hydrogens (tertiary/aromatic N) is 1. The first-order valence-electron chi connectivity index (χ1n) is 5.02. The van der Waals surface area contributed by atoms with Gasteiger partial charge < -0.3 is 9.47 Å². The quantitative estimate of drug-likeness (QED) is 0.592. The van der Waals surface area contributed by atoms with Gasteiger partial charge in [-0.05, 0) is 24.3 Å². The van der Waals surface area contributed by atoms with Crippen LogP contribution in [0, 0.1) is 11.3 Å². The third-order valence-electron chi connectivity index (χ3n) is 2.10. The molecule has 0 heterocycles. The zero-order valence-corrected chi connectivity index (χ0v) is 9.80. The molecule has 0 amide bonds. The van der Waals surface area contributed by atoms with Crippen molar-refractivity contribution in [2.45, 2.75) is 0 Å². The molecule has 92 valence electrons. The molecule has 0 bridgehead atoms. The van der Waals surface area contributed by atoms with Gasteiger partial charge in [-0.3, -0.25) is 0 Å². The second-order valence-electron chi connectivity index (χ2n) is 3.36. The number of methoxy groups -OCH3 is 1. The lowest BCUT2D eigenvalue weighted by Gasteiger charge is -2.05. The molecule has 0 saturated heterocycles. The summed E-state index contributed by atoms with van der Waals surface area (Å²) in [5, 5.41) is 8.60. The Hall–Kier alpha value is -2.61. The van der Waals surface area contributed by atoms with Crippen molar-refractivity contribution < 1.29 is 19.1 Å². The van der Waals surface area contributed by atoms with Crippen molar-refractivity contribution in [3.8, 4) is 6.07 Å². The largest absolute Gasteiger partial charge is 0.466 e. The standard InChI is InChI=1S/C13H11NO4/c1-9(12(15)17-2)8-18-13(16)11-5-3-10(7-14)4-6-11/h3-6H,1,8H2,2H3. The Kier molecular flexibility index (Phi) is 4.64. The molecule has 0 aliphatic rings. The number of hydrogen-bond acceptors (Lipinski definition) is 5. The van der Waals surface area contributed by atoms with Crippen LogP contribution in [-0.2, 0) is 14.3 Å². The lowest BCUT2D eigenvalue weighted by molar-refractivity contribution is -0.136. The molecule has 1 rings (SSSR count). The number of carbonyl (C=O) groups is 2. The first-order chi connectivity index (χ1) is 8.58. The summed E-state index contributed by atoms with van der Waals surface area (Å²) in [5.74, 6) is -1.22. The third kappa shape index (κ3) is 3.46. The van der Waals surface area contributed by atoms with Gasteiger partial charge in [-0.15, -0.1) is 0 Å². The smallest absolute Gasteiger partial charge is 0.338 e. The van der Waals surface area contributed by atoms with Gasteiger partial charge in [0.25, 0.3) is 0 Å². The topological polar surface area (TPSA) is 76.4 Å². The first-order valence-corrected chi connectivity index (χ1v) is 5.02. The Morgan fingerprint density at radius 3 is 2.44 bits per heavy atom. The maximum atomic E-state index is 11.6. The zero-order chi connectivity index (χ0) is 13.5. The Labute approximate surface area is 104 Å². The van der Waals surface area contributed by atoms with Gasteiger partial charge in [0.2, 0.25) is 0 Å². The fraction of sp³-hybridized carbons (Fsp3) is 0.154. The molecule has 0 atom stereocenters. The molecular weight excluding hydrogens is 234 g/mol. The van der Waals surface area contributed by atoms with Crippen LogP contribution in [0.25, 0.3) is 0 Å². The number of hydrogen-bond donors (Lipinski definition) is 0. The van der Waals surface area contributed by atoms with E-state index in [-0.39, 0.29) is 12.2 Å². The monoisotopic (exact) mass is 245 g/mol. The van der Waals surface area contributed by atoms with Gasteiger partial charge in [-0.1, -0.05) is 6.58 Å². The fourth-order valence-corrected chi connectivity index (χ4v) is 1.12. The van der Waals surface area contributed by atoms with Crippen LogP contribution < -0.4 is 0 Å². The first kappa shape index (κ1) is 13.5. The van der Waals surface area contributed by atoms with Crippen molar-refractivity contribution in [2.75, 3.05) is 13.7 Å². The van der Waals surface area contributed by atoms with Gasteiger partial charge in [-0.2, -0.15) is 5.26 Å². The van der Waals surface area contributed by atoms with E-state index in [9.17, 15) is 9.59 Å². The number of ether oxygens (including phenoxy) is 2. The van der Waals surface area contributed by atoms with Crippen LogP contribution in [0.4, 0.5) is 0 Å². The highest BCUT2D eigenvalue weighted by atomic mass is 16.5. The van der Waals surface area contributed by atoms with Gasteiger partial charge in [0.05, 0.1) is 29.9 Å². The van der Waals surface area contributed by atoms with Crippen LogP contribution >= 0.6 is 0 Å². The summed E-state index contributed by atoms with van der Waals surface area (Å²) in [6, 6.07) is 7.90. The van der Waals surface area contributed by atoms with Crippen LogP contribution in [0.5, 0.6) is 0 Å². The lowest BCUT2D eigenvalue weighted by atomic mass is 10.1. The summed E-state index contributed by atoms with van der Waals surface area (Å²) in [7, 11) is 1.22. The van der Waals surface area contributed by atoms with E-state index in [0.29, 0.717) is 11.1 Å². The molecule has 0 unspecified atom stereocenters. The molecule has 5 nitrogen and oxygen atoms in total. The normalized spacial score (nSPS) is 9.11. The molecule has 0 fully saturated rings. The van der Waals surface area contributed by atoms with Gasteiger partial charge in [0.15, 0.2) is 0 Å². The highest BCUT2D eigenvalue weighted by Gasteiger charge is 2.11. The molecule has 1 aromatic rings. The number of benzene rings is 1. The lowest BCUT2D eigenvalue weighted by Crippen LogP contribution is -2.13. The highest BCUT2D eigenvalue weighted by Crippen LogP contribution is 2.06. The molecule has 0 spiro atoms. The van der Waals surface area contributed by atoms with Crippen LogP contribution in [-0.4, -0.2) is 25.7 Å². The predicted octanol–water partition coefficient (Wildman–Crippen LogP) is 1.44. The minimum atomic E-state index is -0.623. The Morgan fingerprint density at radius 1 is 1.33 bits per heavy atom. The minimum Gasteiger partial charge on any atom is -0.466 e. The molecular formula is C13H11NO4. The van der Waals surface area contributed by atoms with E-state index >= 15 is 0 Å². The predicted molar refractivity (Wildman–Crippen MR) is 62.6 cm³/mol. The van der Waals surface area contributed by atoms with Crippen LogP contribution in [0.3, 0.4) is 0 Å². The second-order valence-corrected chi connectivity index (χ2v) is 3.36. The van der Waals surface area contributed by atoms with Crippen molar-refractivity contribution in [1.82, 2.24) is 0 Å². The average molecular weight is 245 g/mol. The van der Waals surface area contributed by atoms with Crippen molar-refractivity contribution in [2.24, 2.45) is 0 Å². The van der Waals surface area contributed by atoms with Crippen molar-refractivity contribution >= 4 is 11.9 Å². The average Bonchev–Trinajstić information content (AvgIpc) is 2.43. The highest BCUT2D eigenvalue weighted by molar-refractivity contribution is 5.91. The van der Waals surface area contributed by atoms with Crippen molar-refractivity contribution in [3.05, 3.63) is 47.5 Å². The van der Waals surface area contributed by atoms with Crippen molar-refractivity contribution in [1.29, 1.82) is 5.26 Å². The Balaban J connectivity index is 2.58. The number of esters is 2. The zero-order valence-electron chi connectivity index (χ0n) is 9.80. The molecule has 0 aromatic heterocycles. The summed E-state index contributed by atoms with van der Waals surface area (Å²) < 4.78 is 9.28. The number of rotatable bonds is 4. The van der Waals surface area contributed by atoms with Gasteiger partial charge in [-0.25, -0.2) is 9.59 Å². The molecule has 0 aliphatic carbocycles. The molecule has 5 heteroatoms. The van der Waals surface area contributed by atoms with E-state index < -0.39 is 11.9 Å². The van der Waals surface area contributed by atoms with E-state index in [1.807, 2.05) is 6.07 Å². The Morgan fingerprint density at radius 2 is 1.94 bits per heavy atom. The SMILES string of the molecule is C=C(COC(=O)c1ccc(C#N)cc1)C(=O)OC. The molecule has 0 aliphatic heterocycles. The van der Waals surface area contributed by atoms with E-state index in [4.69, 9.17) is 10.00 Å². The molecule has 0 N–H and O–H groups in total. The number of carbonyl (C=O) groups excluding carboxylic acids is 2. The second kappa shape index (κ2) is 6.21. The summed E-state index contributed by atoms with van der Waals surface area (Å²) in [4.78, 5) is 22.6. The maximum absolute atomic E-state index is 11.6. The van der Waals surface area contributed by atoms with Crippen molar-refractivity contribution in [3.63, 3.8) is 0 Å². The van der Waals surface area contributed by atoms with Gasteiger partial charge >= 0.3 is 11.9 Å². The summed E-state index contributed by atoms with van der Waals surface area (Å²) in [6.07, 6.45) is 0. The summed E-state index contributed by atoms with van der Waals surface area (Å²) >= 11 is 0. The van der Waals surface area contributed by atoms with Crippen LogP contribution in [0.1, 0.15) is 15.9 Å². The van der Waals surface area contributed by atoms with E-state index in [0.717, 1.165) is 0 Å². The molecule has 1 aromatic carbocycles. The third-order valence-corrected chi connectivity index (χ3v) is 2.10. The van der Waals surface area contributed by atoms with Gasteiger partial charge in [0.1, 0.15) is 6.61 Å². The Bertz CT molecular complexity index is 511.